The summed E-state index contributed by atoms with van der Waals surface area (Å²) in [6, 6.07) is 11.8. The molecule has 4 rings (SSSR count). The lowest BCUT2D eigenvalue weighted by molar-refractivity contribution is 0.289. The highest BCUT2D eigenvalue weighted by Gasteiger charge is 2.21. The lowest BCUT2D eigenvalue weighted by atomic mass is 10.0. The fourth-order valence-corrected chi connectivity index (χ4v) is 5.87. The molecule has 0 bridgehead atoms. The first-order chi connectivity index (χ1) is 16.3. The molecule has 0 spiro atoms. The van der Waals surface area contributed by atoms with E-state index in [-0.39, 0.29) is 5.82 Å². The van der Waals surface area contributed by atoms with E-state index in [1.165, 1.54) is 22.0 Å². The van der Waals surface area contributed by atoms with Crippen LogP contribution in [0.25, 0.3) is 11.4 Å². The van der Waals surface area contributed by atoms with Crippen molar-refractivity contribution in [3.63, 3.8) is 0 Å². The van der Waals surface area contributed by atoms with E-state index >= 15 is 0 Å². The van der Waals surface area contributed by atoms with Gasteiger partial charge in [0.05, 0.1) is 4.90 Å². The number of nitrogens with zero attached hydrogens (tertiary/aromatic N) is 5. The van der Waals surface area contributed by atoms with Gasteiger partial charge in [0, 0.05) is 45.5 Å². The maximum Gasteiger partial charge on any atom is 0.242 e. The lowest BCUT2D eigenvalue weighted by Gasteiger charge is -2.19. The topological polar surface area (TPSA) is 71.3 Å². The monoisotopic (exact) mass is 503 g/mol. The van der Waals surface area contributed by atoms with Crippen molar-refractivity contribution in [2.75, 3.05) is 39.5 Å². The average Bonchev–Trinajstić information content (AvgIpc) is 3.05. The predicted molar refractivity (Wildman–Crippen MR) is 133 cm³/mol. The molecule has 0 atom stereocenters. The van der Waals surface area contributed by atoms with Crippen molar-refractivity contribution < 1.29 is 12.8 Å². The molecule has 10 heteroatoms. The summed E-state index contributed by atoms with van der Waals surface area (Å²) in [7, 11) is 1.64. The van der Waals surface area contributed by atoms with Crippen LogP contribution in [0.2, 0.25) is 0 Å². The smallest absolute Gasteiger partial charge is 0.242 e. The Bertz CT molecular complexity index is 1240. The Labute approximate surface area is 205 Å². The van der Waals surface area contributed by atoms with Gasteiger partial charge in [-0.2, -0.15) is 0 Å². The van der Waals surface area contributed by atoms with E-state index in [1.54, 1.807) is 44.1 Å². The van der Waals surface area contributed by atoms with E-state index < -0.39 is 10.0 Å². The molecule has 0 aliphatic carbocycles. The van der Waals surface area contributed by atoms with Crippen LogP contribution >= 0.6 is 11.8 Å². The fraction of sp³-hybridized carbons (Fsp3) is 0.417. The molecule has 2 aromatic carbocycles. The molecular weight excluding hydrogens is 473 g/mol. The second kappa shape index (κ2) is 10.6. The Kier molecular flexibility index (Phi) is 7.71. The van der Waals surface area contributed by atoms with Crippen LogP contribution in [0.1, 0.15) is 17.5 Å². The van der Waals surface area contributed by atoms with Gasteiger partial charge in [0.15, 0.2) is 11.0 Å². The first-order valence-electron chi connectivity index (χ1n) is 11.3. The van der Waals surface area contributed by atoms with Gasteiger partial charge in [-0.1, -0.05) is 17.8 Å². The van der Waals surface area contributed by atoms with Crippen LogP contribution in [0.5, 0.6) is 0 Å². The molecular formula is C24H30FN5O2S2. The number of thioether (sulfide) groups is 1. The van der Waals surface area contributed by atoms with Gasteiger partial charge in [0.2, 0.25) is 10.0 Å². The number of hydrogen-bond acceptors (Lipinski definition) is 6. The first-order valence-corrected chi connectivity index (χ1v) is 13.7. The molecule has 182 valence electrons. The summed E-state index contributed by atoms with van der Waals surface area (Å²) in [5.74, 6) is 1.38. The SMILES string of the molecule is CN(C)S(=O)(=O)c1ccc2c(c1)CCN(CCCSc1nnc(-c3ccc(F)cc3)n1C)CC2. The first kappa shape index (κ1) is 24.8. The second-order valence-electron chi connectivity index (χ2n) is 8.63. The molecule has 1 aliphatic heterocycles. The van der Waals surface area contributed by atoms with Crippen molar-refractivity contribution in [1.82, 2.24) is 24.0 Å². The van der Waals surface area contributed by atoms with Crippen molar-refractivity contribution in [3.8, 4) is 11.4 Å². The minimum absolute atomic E-state index is 0.267. The Morgan fingerprint density at radius 1 is 1.03 bits per heavy atom. The van der Waals surface area contributed by atoms with Gasteiger partial charge in [-0.05, 0) is 73.3 Å². The molecule has 34 heavy (non-hydrogen) atoms. The Hall–Kier alpha value is -2.27. The number of hydrogen-bond donors (Lipinski definition) is 0. The largest absolute Gasteiger partial charge is 0.305 e. The van der Waals surface area contributed by atoms with Crippen LogP contribution in [-0.2, 0) is 29.9 Å². The second-order valence-corrected chi connectivity index (χ2v) is 11.8. The van der Waals surface area contributed by atoms with E-state index in [0.717, 1.165) is 66.8 Å². The molecule has 1 aromatic heterocycles. The highest BCUT2D eigenvalue weighted by molar-refractivity contribution is 7.99. The summed E-state index contributed by atoms with van der Waals surface area (Å²) < 4.78 is 41.3. The van der Waals surface area contributed by atoms with Crippen molar-refractivity contribution >= 4 is 21.8 Å². The summed E-state index contributed by atoms with van der Waals surface area (Å²) in [6.45, 7) is 2.87. The van der Waals surface area contributed by atoms with Gasteiger partial charge in [-0.3, -0.25) is 0 Å². The Morgan fingerprint density at radius 3 is 2.44 bits per heavy atom. The highest BCUT2D eigenvalue weighted by atomic mass is 32.2. The van der Waals surface area contributed by atoms with Gasteiger partial charge in [-0.25, -0.2) is 17.1 Å². The molecule has 2 heterocycles. The van der Waals surface area contributed by atoms with E-state index in [2.05, 4.69) is 15.1 Å². The zero-order chi connectivity index (χ0) is 24.3. The van der Waals surface area contributed by atoms with Gasteiger partial charge in [-0.15, -0.1) is 10.2 Å². The lowest BCUT2D eigenvalue weighted by Crippen LogP contribution is -2.27. The number of halogens is 1. The molecule has 7 nitrogen and oxygen atoms in total. The normalized spacial score (nSPS) is 14.9. The van der Waals surface area contributed by atoms with Gasteiger partial charge < -0.3 is 9.47 Å². The predicted octanol–water partition coefficient (Wildman–Crippen LogP) is 3.45. The minimum atomic E-state index is -3.41. The third-order valence-corrected chi connectivity index (χ3v) is 9.06. The zero-order valence-corrected chi connectivity index (χ0v) is 21.4. The standard InChI is InChI=1S/C24H30FN5O2S2/c1-28(2)34(31,32)22-10-7-18-11-14-30(15-12-20(18)17-22)13-4-16-33-24-27-26-23(29(24)3)19-5-8-21(25)9-6-19/h5-10,17H,4,11-16H2,1-3H3. The van der Waals surface area contributed by atoms with E-state index in [1.807, 2.05) is 23.7 Å². The number of sulfonamides is 1. The van der Waals surface area contributed by atoms with Gasteiger partial charge in [0.1, 0.15) is 5.82 Å². The number of fused-ring (bicyclic) bond motifs is 1. The molecule has 0 N–H and O–H groups in total. The van der Waals surface area contributed by atoms with Crippen molar-refractivity contribution in [3.05, 3.63) is 59.4 Å². The molecule has 1 aliphatic rings. The fourth-order valence-electron chi connectivity index (χ4n) is 4.09. The van der Waals surface area contributed by atoms with Crippen molar-refractivity contribution in [2.45, 2.75) is 29.3 Å². The van der Waals surface area contributed by atoms with E-state index in [4.69, 9.17) is 0 Å². The molecule has 0 radical (unpaired) electrons. The van der Waals surface area contributed by atoms with Crippen LogP contribution in [0.4, 0.5) is 4.39 Å². The average molecular weight is 504 g/mol. The highest BCUT2D eigenvalue weighted by Crippen LogP contribution is 2.24. The van der Waals surface area contributed by atoms with E-state index in [9.17, 15) is 12.8 Å². The third-order valence-electron chi connectivity index (χ3n) is 6.14. The van der Waals surface area contributed by atoms with Gasteiger partial charge >= 0.3 is 0 Å². The summed E-state index contributed by atoms with van der Waals surface area (Å²) in [4.78, 5) is 2.81. The summed E-state index contributed by atoms with van der Waals surface area (Å²) in [6.07, 6.45) is 2.79. The number of benzene rings is 2. The summed E-state index contributed by atoms with van der Waals surface area (Å²) >= 11 is 1.67. The molecule has 3 aromatic rings. The third kappa shape index (κ3) is 5.51. The summed E-state index contributed by atoms with van der Waals surface area (Å²) in [5, 5.41) is 9.41. The zero-order valence-electron chi connectivity index (χ0n) is 19.7. The molecule has 0 saturated carbocycles. The van der Waals surface area contributed by atoms with Gasteiger partial charge in [0.25, 0.3) is 0 Å². The van der Waals surface area contributed by atoms with Crippen molar-refractivity contribution in [2.24, 2.45) is 7.05 Å². The Balaban J connectivity index is 1.29. The molecule has 0 unspecified atom stereocenters. The molecule has 0 saturated heterocycles. The van der Waals surface area contributed by atoms with Crippen molar-refractivity contribution in [1.29, 1.82) is 0 Å². The van der Waals surface area contributed by atoms with Crippen LogP contribution < -0.4 is 0 Å². The number of aromatic nitrogens is 3. The summed E-state index contributed by atoms with van der Waals surface area (Å²) in [5.41, 5.74) is 3.21. The Morgan fingerprint density at radius 2 is 1.74 bits per heavy atom. The van der Waals surface area contributed by atoms with Crippen LogP contribution in [0, 0.1) is 5.82 Å². The van der Waals surface area contributed by atoms with Crippen LogP contribution in [-0.4, -0.2) is 71.9 Å². The molecule has 0 fully saturated rings. The van der Waals surface area contributed by atoms with Crippen LogP contribution in [0.15, 0.2) is 52.5 Å². The maximum absolute atomic E-state index is 13.2. The maximum atomic E-state index is 13.2. The number of rotatable bonds is 8. The van der Waals surface area contributed by atoms with E-state index in [0.29, 0.717) is 4.90 Å². The van der Waals surface area contributed by atoms with Crippen LogP contribution in [0.3, 0.4) is 0 Å². The minimum Gasteiger partial charge on any atom is -0.305 e. The molecule has 0 amide bonds. The quantitative estimate of drug-likeness (QED) is 0.346.